The standard InChI is InChI=1S/C20H28F2O6S2/c1-17(21,22)16(26)27-7-15(25)28-19-4-12-2-13(5-19)20(14(3-12)6-19)29-10-18(8-23,9-24)11-30-20/h12-14,23-24H,2-11H2,1H3. The number of thioether (sulfide) groups is 2. The second-order valence-electron chi connectivity index (χ2n) is 9.58. The quantitative estimate of drug-likeness (QED) is 0.577. The van der Waals surface area contributed by atoms with Crippen molar-refractivity contribution in [3.8, 4) is 0 Å². The Hall–Kier alpha value is -0.580. The van der Waals surface area contributed by atoms with E-state index in [1.807, 2.05) is 23.5 Å². The van der Waals surface area contributed by atoms with Crippen molar-refractivity contribution in [1.82, 2.24) is 0 Å². The number of alkyl halides is 2. The maximum atomic E-state index is 12.9. The van der Waals surface area contributed by atoms with Gasteiger partial charge in [0.15, 0.2) is 6.61 Å². The Morgan fingerprint density at radius 3 is 2.13 bits per heavy atom. The lowest BCUT2D eigenvalue weighted by molar-refractivity contribution is -0.196. The van der Waals surface area contributed by atoms with Crippen LogP contribution in [0.4, 0.5) is 8.78 Å². The van der Waals surface area contributed by atoms with Gasteiger partial charge in [-0.3, -0.25) is 0 Å². The first-order chi connectivity index (χ1) is 14.1. The molecule has 4 saturated carbocycles. The largest absolute Gasteiger partial charge is 0.457 e. The molecule has 5 aliphatic rings. The molecule has 2 unspecified atom stereocenters. The second kappa shape index (κ2) is 7.78. The number of aliphatic hydroxyl groups is 2. The number of aliphatic hydroxyl groups excluding tert-OH is 2. The molecule has 1 heterocycles. The average Bonchev–Trinajstić information content (AvgIpc) is 2.69. The van der Waals surface area contributed by atoms with Gasteiger partial charge in [-0.15, -0.1) is 23.5 Å². The summed E-state index contributed by atoms with van der Waals surface area (Å²) < 4.78 is 36.1. The van der Waals surface area contributed by atoms with E-state index in [0.29, 0.717) is 36.2 Å². The normalized spacial score (nSPS) is 36.0. The summed E-state index contributed by atoms with van der Waals surface area (Å²) in [5.74, 6) is -3.55. The van der Waals surface area contributed by atoms with Crippen molar-refractivity contribution < 1.29 is 38.1 Å². The van der Waals surface area contributed by atoms with Crippen LogP contribution in [-0.4, -0.2) is 69.1 Å². The Bertz CT molecular complexity index is 680. The monoisotopic (exact) mass is 466 g/mol. The number of rotatable bonds is 6. The first-order valence-corrected chi connectivity index (χ1v) is 12.3. The van der Waals surface area contributed by atoms with E-state index < -0.39 is 35.5 Å². The highest BCUT2D eigenvalue weighted by atomic mass is 32.2. The van der Waals surface area contributed by atoms with Crippen LogP contribution in [0.3, 0.4) is 0 Å². The summed E-state index contributed by atoms with van der Waals surface area (Å²) in [5, 5.41) is 19.5. The Morgan fingerprint density at radius 2 is 1.63 bits per heavy atom. The minimum absolute atomic E-state index is 0.0113. The zero-order valence-electron chi connectivity index (χ0n) is 16.9. The van der Waals surface area contributed by atoms with Gasteiger partial charge in [-0.2, -0.15) is 8.78 Å². The van der Waals surface area contributed by atoms with Gasteiger partial charge in [-0.05, 0) is 49.9 Å². The van der Waals surface area contributed by atoms with E-state index in [1.54, 1.807) is 0 Å². The predicted molar refractivity (Wildman–Crippen MR) is 108 cm³/mol. The molecule has 30 heavy (non-hydrogen) atoms. The third kappa shape index (κ3) is 3.86. The third-order valence-corrected chi connectivity index (χ3v) is 11.6. The zero-order valence-corrected chi connectivity index (χ0v) is 18.5. The minimum atomic E-state index is -3.64. The van der Waals surface area contributed by atoms with Crippen molar-refractivity contribution >= 4 is 35.5 Å². The molecule has 5 fully saturated rings. The molecular weight excluding hydrogens is 438 g/mol. The van der Waals surface area contributed by atoms with E-state index in [1.165, 1.54) is 0 Å². The second-order valence-corrected chi connectivity index (χ2v) is 12.3. The van der Waals surface area contributed by atoms with Crippen LogP contribution in [0.2, 0.25) is 0 Å². The fourth-order valence-corrected chi connectivity index (χ4v) is 9.93. The lowest BCUT2D eigenvalue weighted by atomic mass is 9.53. The number of carbonyl (C=O) groups excluding carboxylic acids is 2. The topological polar surface area (TPSA) is 93.1 Å². The highest BCUT2D eigenvalue weighted by Crippen LogP contribution is 2.70. The van der Waals surface area contributed by atoms with E-state index in [-0.39, 0.29) is 17.3 Å². The van der Waals surface area contributed by atoms with Gasteiger partial charge in [0, 0.05) is 23.8 Å². The van der Waals surface area contributed by atoms with Crippen LogP contribution in [0.5, 0.6) is 0 Å². The maximum Gasteiger partial charge on any atom is 0.377 e. The zero-order chi connectivity index (χ0) is 21.8. The van der Waals surface area contributed by atoms with Crippen LogP contribution < -0.4 is 0 Å². The maximum absolute atomic E-state index is 12.9. The van der Waals surface area contributed by atoms with Gasteiger partial charge >= 0.3 is 17.9 Å². The summed E-state index contributed by atoms with van der Waals surface area (Å²) in [6.45, 7) is -0.432. The number of halogens is 2. The molecule has 0 amide bonds. The van der Waals surface area contributed by atoms with Gasteiger partial charge in [0.1, 0.15) is 5.60 Å². The Kier molecular flexibility index (Phi) is 5.86. The van der Waals surface area contributed by atoms with E-state index in [2.05, 4.69) is 4.74 Å². The number of carbonyl (C=O) groups is 2. The molecule has 2 atom stereocenters. The smallest absolute Gasteiger partial charge is 0.377 e. The highest BCUT2D eigenvalue weighted by Gasteiger charge is 2.65. The third-order valence-electron chi connectivity index (χ3n) is 7.16. The molecule has 0 aromatic rings. The number of ether oxygens (including phenoxy) is 2. The molecule has 2 N–H and O–H groups in total. The summed E-state index contributed by atoms with van der Waals surface area (Å²) in [4.78, 5) is 23.5. The van der Waals surface area contributed by atoms with E-state index in [9.17, 15) is 28.6 Å². The van der Waals surface area contributed by atoms with Gasteiger partial charge in [-0.25, -0.2) is 9.59 Å². The first kappa shape index (κ1) is 22.6. The highest BCUT2D eigenvalue weighted by molar-refractivity contribution is 8.18. The van der Waals surface area contributed by atoms with E-state index in [4.69, 9.17) is 4.74 Å². The molecule has 4 aliphatic carbocycles. The van der Waals surface area contributed by atoms with Gasteiger partial charge in [0.2, 0.25) is 0 Å². The molecule has 0 radical (unpaired) electrons. The fourth-order valence-electron chi connectivity index (χ4n) is 5.82. The minimum Gasteiger partial charge on any atom is -0.457 e. The molecule has 10 heteroatoms. The SMILES string of the molecule is CC(F)(F)C(=O)OCC(=O)OC12CC3CC(C1)C1(SCC(CO)(CO)CS1)C(C3)C2. The molecule has 1 saturated heterocycles. The summed E-state index contributed by atoms with van der Waals surface area (Å²) in [5.41, 5.74) is -1.06. The lowest BCUT2D eigenvalue weighted by Crippen LogP contribution is -2.64. The van der Waals surface area contributed by atoms with Crippen molar-refractivity contribution in [2.24, 2.45) is 23.2 Å². The Balaban J connectivity index is 1.41. The van der Waals surface area contributed by atoms with Gasteiger partial charge in [0.05, 0.1) is 17.3 Å². The molecule has 6 nitrogen and oxygen atoms in total. The van der Waals surface area contributed by atoms with Crippen molar-refractivity contribution in [2.45, 2.75) is 54.6 Å². The number of hydrogen-bond donors (Lipinski definition) is 2. The molecule has 170 valence electrons. The van der Waals surface area contributed by atoms with Crippen LogP contribution >= 0.6 is 23.5 Å². The van der Waals surface area contributed by atoms with Crippen molar-refractivity contribution in [1.29, 1.82) is 0 Å². The van der Waals surface area contributed by atoms with Crippen molar-refractivity contribution in [2.75, 3.05) is 31.3 Å². The van der Waals surface area contributed by atoms with Crippen molar-refractivity contribution in [3.63, 3.8) is 0 Å². The summed E-state index contributed by atoms with van der Waals surface area (Å²) in [7, 11) is 0. The van der Waals surface area contributed by atoms with Crippen molar-refractivity contribution in [3.05, 3.63) is 0 Å². The Morgan fingerprint density at radius 1 is 1.07 bits per heavy atom. The average molecular weight is 467 g/mol. The number of hydrogen-bond acceptors (Lipinski definition) is 8. The molecule has 0 aromatic carbocycles. The first-order valence-electron chi connectivity index (χ1n) is 10.3. The summed E-state index contributed by atoms with van der Waals surface area (Å²) >= 11 is 3.68. The predicted octanol–water partition coefficient (Wildman–Crippen LogP) is 2.45. The van der Waals surface area contributed by atoms with Gasteiger partial charge in [-0.1, -0.05) is 0 Å². The molecule has 1 aliphatic heterocycles. The van der Waals surface area contributed by atoms with E-state index in [0.717, 1.165) is 32.1 Å². The van der Waals surface area contributed by atoms with Gasteiger partial charge in [0.25, 0.3) is 0 Å². The van der Waals surface area contributed by atoms with Crippen LogP contribution in [0, 0.1) is 23.2 Å². The molecular formula is C20H28F2O6S2. The van der Waals surface area contributed by atoms with E-state index >= 15 is 0 Å². The molecule has 1 spiro atoms. The van der Waals surface area contributed by atoms with Crippen LogP contribution in [-0.2, 0) is 19.1 Å². The Labute approximate surface area is 182 Å². The lowest BCUT2D eigenvalue weighted by Gasteiger charge is -2.65. The van der Waals surface area contributed by atoms with Crippen LogP contribution in [0.25, 0.3) is 0 Å². The van der Waals surface area contributed by atoms with Gasteiger partial charge < -0.3 is 19.7 Å². The summed E-state index contributed by atoms with van der Waals surface area (Å²) in [6, 6.07) is 0. The molecule has 0 aromatic heterocycles. The van der Waals surface area contributed by atoms with Crippen LogP contribution in [0.1, 0.15) is 39.0 Å². The molecule has 5 rings (SSSR count). The number of esters is 2. The molecule has 4 bridgehead atoms. The summed E-state index contributed by atoms with van der Waals surface area (Å²) in [6.07, 6.45) is 4.34. The fraction of sp³-hybridized carbons (Fsp3) is 0.900. The van der Waals surface area contributed by atoms with Crippen LogP contribution in [0.15, 0.2) is 0 Å².